The molecule has 0 spiro atoms. The molecule has 1 unspecified atom stereocenters. The maximum absolute atomic E-state index is 9.44. The van der Waals surface area contributed by atoms with E-state index in [-0.39, 0.29) is 12.1 Å². The SMILES string of the molecule is CCCCCCOCCCCC(C)(CO)NCCC. The Kier molecular flexibility index (Phi) is 12.8. The third-order valence-corrected chi connectivity index (χ3v) is 3.56. The molecule has 0 aliphatic rings. The van der Waals surface area contributed by atoms with Crippen molar-refractivity contribution in [2.45, 2.75) is 77.7 Å². The van der Waals surface area contributed by atoms with E-state index in [9.17, 15) is 5.11 Å². The molecule has 0 bridgehead atoms. The summed E-state index contributed by atoms with van der Waals surface area (Å²) in [6.07, 6.45) is 9.42. The molecule has 0 radical (unpaired) electrons. The van der Waals surface area contributed by atoms with Crippen LogP contribution in [0.4, 0.5) is 0 Å². The zero-order valence-corrected chi connectivity index (χ0v) is 13.3. The van der Waals surface area contributed by atoms with Crippen molar-refractivity contribution in [1.29, 1.82) is 0 Å². The molecule has 0 rings (SSSR count). The molecule has 19 heavy (non-hydrogen) atoms. The van der Waals surface area contributed by atoms with Crippen LogP contribution in [0.25, 0.3) is 0 Å². The first-order valence-corrected chi connectivity index (χ1v) is 8.12. The largest absolute Gasteiger partial charge is 0.394 e. The molecule has 0 amide bonds. The molecule has 0 saturated heterocycles. The van der Waals surface area contributed by atoms with Crippen molar-refractivity contribution in [3.8, 4) is 0 Å². The Labute approximate surface area is 120 Å². The monoisotopic (exact) mass is 273 g/mol. The lowest BCUT2D eigenvalue weighted by Crippen LogP contribution is -2.46. The van der Waals surface area contributed by atoms with E-state index in [0.29, 0.717) is 0 Å². The summed E-state index contributed by atoms with van der Waals surface area (Å²) < 4.78 is 5.63. The fraction of sp³-hybridized carbons (Fsp3) is 1.00. The van der Waals surface area contributed by atoms with Gasteiger partial charge in [-0.3, -0.25) is 0 Å². The summed E-state index contributed by atoms with van der Waals surface area (Å²) in [5, 5.41) is 12.9. The number of aliphatic hydroxyl groups excluding tert-OH is 1. The van der Waals surface area contributed by atoms with E-state index in [1.54, 1.807) is 0 Å². The van der Waals surface area contributed by atoms with Gasteiger partial charge in [-0.25, -0.2) is 0 Å². The molecule has 0 aromatic carbocycles. The van der Waals surface area contributed by atoms with Crippen LogP contribution in [-0.2, 0) is 4.74 Å². The Morgan fingerprint density at radius 3 is 2.21 bits per heavy atom. The second kappa shape index (κ2) is 12.9. The van der Waals surface area contributed by atoms with Crippen molar-refractivity contribution in [1.82, 2.24) is 5.32 Å². The van der Waals surface area contributed by atoms with Crippen LogP contribution in [0, 0.1) is 0 Å². The van der Waals surface area contributed by atoms with Crippen molar-refractivity contribution in [3.05, 3.63) is 0 Å². The van der Waals surface area contributed by atoms with Gasteiger partial charge in [0.1, 0.15) is 0 Å². The van der Waals surface area contributed by atoms with Crippen molar-refractivity contribution < 1.29 is 9.84 Å². The van der Waals surface area contributed by atoms with Crippen molar-refractivity contribution >= 4 is 0 Å². The number of aliphatic hydroxyl groups is 1. The van der Waals surface area contributed by atoms with Crippen LogP contribution in [-0.4, -0.2) is 37.0 Å². The summed E-state index contributed by atoms with van der Waals surface area (Å²) in [6.45, 7) is 9.44. The van der Waals surface area contributed by atoms with E-state index in [1.807, 2.05) is 0 Å². The lowest BCUT2D eigenvalue weighted by molar-refractivity contribution is 0.118. The Morgan fingerprint density at radius 2 is 1.63 bits per heavy atom. The van der Waals surface area contributed by atoms with Crippen LogP contribution >= 0.6 is 0 Å². The molecule has 3 heteroatoms. The number of nitrogens with one attached hydrogen (secondary N) is 1. The van der Waals surface area contributed by atoms with Crippen LogP contribution in [0.1, 0.15) is 72.1 Å². The average Bonchev–Trinajstić information content (AvgIpc) is 2.43. The Hall–Kier alpha value is -0.120. The van der Waals surface area contributed by atoms with E-state index in [0.717, 1.165) is 45.4 Å². The lowest BCUT2D eigenvalue weighted by Gasteiger charge is -2.28. The van der Waals surface area contributed by atoms with E-state index in [1.165, 1.54) is 25.7 Å². The Bertz CT molecular complexity index is 188. The highest BCUT2D eigenvalue weighted by molar-refractivity contribution is 4.81. The second-order valence-corrected chi connectivity index (χ2v) is 5.78. The molecule has 116 valence electrons. The summed E-state index contributed by atoms with van der Waals surface area (Å²) in [7, 11) is 0. The van der Waals surface area contributed by atoms with Gasteiger partial charge in [-0.05, 0) is 45.6 Å². The minimum Gasteiger partial charge on any atom is -0.394 e. The predicted octanol–water partition coefficient (Wildman–Crippen LogP) is 3.50. The second-order valence-electron chi connectivity index (χ2n) is 5.78. The number of hydrogen-bond acceptors (Lipinski definition) is 3. The predicted molar refractivity (Wildman–Crippen MR) is 82.6 cm³/mol. The first kappa shape index (κ1) is 18.9. The highest BCUT2D eigenvalue weighted by Gasteiger charge is 2.21. The minimum atomic E-state index is -0.114. The molecule has 0 heterocycles. The van der Waals surface area contributed by atoms with Crippen LogP contribution in [0.3, 0.4) is 0 Å². The molecule has 0 aliphatic heterocycles. The maximum atomic E-state index is 9.44. The topological polar surface area (TPSA) is 41.5 Å². The third-order valence-electron chi connectivity index (χ3n) is 3.56. The zero-order valence-electron chi connectivity index (χ0n) is 13.3. The molecule has 0 aromatic rings. The van der Waals surface area contributed by atoms with Gasteiger partial charge in [-0.1, -0.05) is 33.1 Å². The first-order chi connectivity index (χ1) is 9.18. The zero-order chi connectivity index (χ0) is 14.4. The summed E-state index contributed by atoms with van der Waals surface area (Å²) in [5.74, 6) is 0. The first-order valence-electron chi connectivity index (χ1n) is 8.12. The molecule has 0 aliphatic carbocycles. The fourth-order valence-corrected chi connectivity index (χ4v) is 2.10. The van der Waals surface area contributed by atoms with Gasteiger partial charge in [0.2, 0.25) is 0 Å². The fourth-order valence-electron chi connectivity index (χ4n) is 2.10. The van der Waals surface area contributed by atoms with Gasteiger partial charge in [0.15, 0.2) is 0 Å². The van der Waals surface area contributed by atoms with Crippen molar-refractivity contribution in [2.24, 2.45) is 0 Å². The standard InChI is InChI=1S/C16H35NO2/c1-4-6-7-9-13-19-14-10-8-11-16(3,15-18)17-12-5-2/h17-18H,4-15H2,1-3H3. The molecular weight excluding hydrogens is 238 g/mol. The van der Waals surface area contributed by atoms with E-state index in [2.05, 4.69) is 26.1 Å². The molecule has 0 fully saturated rings. The highest BCUT2D eigenvalue weighted by atomic mass is 16.5. The average molecular weight is 273 g/mol. The molecule has 1 atom stereocenters. The smallest absolute Gasteiger partial charge is 0.0610 e. The third kappa shape index (κ3) is 11.4. The normalized spacial score (nSPS) is 14.5. The van der Waals surface area contributed by atoms with E-state index in [4.69, 9.17) is 4.74 Å². The van der Waals surface area contributed by atoms with Crippen LogP contribution in [0.15, 0.2) is 0 Å². The molecular formula is C16H35NO2. The number of unbranched alkanes of at least 4 members (excludes halogenated alkanes) is 4. The van der Waals surface area contributed by atoms with Crippen LogP contribution < -0.4 is 5.32 Å². The number of ether oxygens (including phenoxy) is 1. The van der Waals surface area contributed by atoms with Crippen molar-refractivity contribution in [2.75, 3.05) is 26.4 Å². The summed E-state index contributed by atoms with van der Waals surface area (Å²) >= 11 is 0. The van der Waals surface area contributed by atoms with Crippen molar-refractivity contribution in [3.63, 3.8) is 0 Å². The van der Waals surface area contributed by atoms with Gasteiger partial charge in [0, 0.05) is 18.8 Å². The number of rotatable bonds is 14. The van der Waals surface area contributed by atoms with Crippen LogP contribution in [0.2, 0.25) is 0 Å². The van der Waals surface area contributed by atoms with Gasteiger partial charge in [0.25, 0.3) is 0 Å². The lowest BCUT2D eigenvalue weighted by atomic mass is 9.95. The van der Waals surface area contributed by atoms with E-state index >= 15 is 0 Å². The molecule has 0 saturated carbocycles. The van der Waals surface area contributed by atoms with Crippen LogP contribution in [0.5, 0.6) is 0 Å². The summed E-state index contributed by atoms with van der Waals surface area (Å²) in [6, 6.07) is 0. The maximum Gasteiger partial charge on any atom is 0.0610 e. The number of hydrogen-bond donors (Lipinski definition) is 2. The van der Waals surface area contributed by atoms with Gasteiger partial charge in [-0.2, -0.15) is 0 Å². The van der Waals surface area contributed by atoms with Gasteiger partial charge < -0.3 is 15.2 Å². The summed E-state index contributed by atoms with van der Waals surface area (Å²) in [4.78, 5) is 0. The molecule has 3 nitrogen and oxygen atoms in total. The highest BCUT2D eigenvalue weighted by Crippen LogP contribution is 2.13. The minimum absolute atomic E-state index is 0.114. The molecule has 0 aromatic heterocycles. The van der Waals surface area contributed by atoms with E-state index < -0.39 is 0 Å². The Balaban J connectivity index is 3.40. The van der Waals surface area contributed by atoms with Gasteiger partial charge >= 0.3 is 0 Å². The van der Waals surface area contributed by atoms with Gasteiger partial charge in [0.05, 0.1) is 6.61 Å². The quantitative estimate of drug-likeness (QED) is 0.476. The Morgan fingerprint density at radius 1 is 0.947 bits per heavy atom. The van der Waals surface area contributed by atoms with Gasteiger partial charge in [-0.15, -0.1) is 0 Å². The summed E-state index contributed by atoms with van der Waals surface area (Å²) in [5.41, 5.74) is -0.114. The molecule has 2 N–H and O–H groups in total.